The molecule has 0 spiro atoms. The van der Waals surface area contributed by atoms with Crippen molar-refractivity contribution in [2.45, 2.75) is 20.8 Å². The molecule has 74 valence electrons. The minimum absolute atomic E-state index is 1.07. The molecular formula is C10H18N2S. The Morgan fingerprint density at radius 2 is 2.00 bits per heavy atom. The second-order valence-electron chi connectivity index (χ2n) is 2.29. The van der Waals surface area contributed by atoms with Crippen molar-refractivity contribution < 1.29 is 0 Å². The lowest BCUT2D eigenvalue weighted by Gasteiger charge is -2.16. The van der Waals surface area contributed by atoms with E-state index >= 15 is 0 Å². The first kappa shape index (κ1) is 12.3. The lowest BCUT2D eigenvalue weighted by Crippen LogP contribution is -2.07. The quantitative estimate of drug-likeness (QED) is 0.679. The third-order valence-electron chi connectivity index (χ3n) is 1.59. The van der Waals surface area contributed by atoms with Gasteiger partial charge in [0.1, 0.15) is 0 Å². The number of nitrogens with zero attached hydrogens (tertiary/aromatic N) is 2. The van der Waals surface area contributed by atoms with Gasteiger partial charge in [-0.05, 0) is 19.1 Å². The zero-order valence-corrected chi connectivity index (χ0v) is 9.85. The molecular weight excluding hydrogens is 180 g/mol. The van der Waals surface area contributed by atoms with Gasteiger partial charge in [-0.15, -0.1) is 0 Å². The highest BCUT2D eigenvalue weighted by molar-refractivity contribution is 7.99. The van der Waals surface area contributed by atoms with Crippen LogP contribution in [0, 0.1) is 6.92 Å². The van der Waals surface area contributed by atoms with Crippen molar-refractivity contribution in [3.05, 3.63) is 24.0 Å². The van der Waals surface area contributed by atoms with E-state index in [0.717, 1.165) is 5.69 Å². The first-order valence-electron chi connectivity index (χ1n) is 4.45. The number of hydrogen-bond acceptors (Lipinski definition) is 3. The lowest BCUT2D eigenvalue weighted by molar-refractivity contribution is 1.17. The Bertz CT molecular complexity index is 238. The average Bonchev–Trinajstić information content (AvgIpc) is 2.20. The van der Waals surface area contributed by atoms with Gasteiger partial charge >= 0.3 is 0 Å². The maximum Gasteiger partial charge on any atom is 0.0679 e. The lowest BCUT2D eigenvalue weighted by atomic mass is 10.3. The fourth-order valence-electron chi connectivity index (χ4n) is 0.907. The monoisotopic (exact) mass is 198 g/mol. The van der Waals surface area contributed by atoms with Crippen LogP contribution in [0.25, 0.3) is 0 Å². The predicted molar refractivity (Wildman–Crippen MR) is 62.2 cm³/mol. The summed E-state index contributed by atoms with van der Waals surface area (Å²) in [5.74, 6) is 0. The van der Waals surface area contributed by atoms with Crippen LogP contribution in [0.15, 0.2) is 18.3 Å². The number of hydrogen-bond donors (Lipinski definition) is 0. The molecule has 3 heteroatoms. The first-order chi connectivity index (χ1) is 6.25. The Morgan fingerprint density at radius 1 is 1.38 bits per heavy atom. The Morgan fingerprint density at radius 3 is 2.46 bits per heavy atom. The van der Waals surface area contributed by atoms with Crippen molar-refractivity contribution in [1.82, 2.24) is 4.98 Å². The van der Waals surface area contributed by atoms with Crippen molar-refractivity contribution in [3.8, 4) is 0 Å². The normalized spacial score (nSPS) is 8.69. The van der Waals surface area contributed by atoms with Crippen LogP contribution in [0.1, 0.15) is 19.5 Å². The van der Waals surface area contributed by atoms with Crippen molar-refractivity contribution in [1.29, 1.82) is 0 Å². The third kappa shape index (κ3) is 3.68. The minimum atomic E-state index is 1.07. The summed E-state index contributed by atoms with van der Waals surface area (Å²) < 4.78 is 2.10. The highest BCUT2D eigenvalue weighted by atomic mass is 32.2. The molecule has 1 rings (SSSR count). The summed E-state index contributed by atoms with van der Waals surface area (Å²) >= 11 is 1.69. The molecule has 1 aromatic heterocycles. The fraction of sp³-hybridized carbons (Fsp3) is 0.500. The summed E-state index contributed by atoms with van der Waals surface area (Å²) in [5.41, 5.74) is 2.25. The topological polar surface area (TPSA) is 16.1 Å². The highest BCUT2D eigenvalue weighted by Gasteiger charge is 2.01. The van der Waals surface area contributed by atoms with Gasteiger partial charge in [-0.25, -0.2) is 0 Å². The summed E-state index contributed by atoms with van der Waals surface area (Å²) in [6.07, 6.45) is 3.86. The van der Waals surface area contributed by atoms with Crippen molar-refractivity contribution in [3.63, 3.8) is 0 Å². The van der Waals surface area contributed by atoms with E-state index in [1.807, 2.05) is 46.3 Å². The van der Waals surface area contributed by atoms with Crippen LogP contribution in [0.5, 0.6) is 0 Å². The molecule has 1 aromatic rings. The molecule has 0 aliphatic heterocycles. The van der Waals surface area contributed by atoms with Crippen LogP contribution in [0.4, 0.5) is 5.69 Å². The Hall–Kier alpha value is -0.700. The number of aryl methyl sites for hydroxylation is 1. The van der Waals surface area contributed by atoms with E-state index in [-0.39, 0.29) is 0 Å². The molecule has 0 fully saturated rings. The van der Waals surface area contributed by atoms with E-state index in [9.17, 15) is 0 Å². The molecule has 0 saturated carbocycles. The van der Waals surface area contributed by atoms with E-state index in [0.29, 0.717) is 0 Å². The van der Waals surface area contributed by atoms with E-state index < -0.39 is 0 Å². The van der Waals surface area contributed by atoms with E-state index in [1.54, 1.807) is 11.9 Å². The van der Waals surface area contributed by atoms with Gasteiger partial charge in [-0.2, -0.15) is 0 Å². The van der Waals surface area contributed by atoms with Crippen LogP contribution in [-0.4, -0.2) is 18.3 Å². The Kier molecular flexibility index (Phi) is 6.41. The number of pyridine rings is 1. The molecule has 0 atom stereocenters. The molecule has 1 heterocycles. The van der Waals surface area contributed by atoms with Crippen LogP contribution in [0.3, 0.4) is 0 Å². The zero-order chi connectivity index (χ0) is 10.3. The predicted octanol–water partition coefficient (Wildman–Crippen LogP) is 3.13. The molecule has 0 bridgehead atoms. The zero-order valence-electron chi connectivity index (χ0n) is 9.03. The molecule has 0 aromatic carbocycles. The number of aromatic nitrogens is 1. The second-order valence-corrected chi connectivity index (χ2v) is 3.20. The molecule has 2 nitrogen and oxygen atoms in total. The van der Waals surface area contributed by atoms with Gasteiger partial charge < -0.3 is 4.31 Å². The van der Waals surface area contributed by atoms with Gasteiger partial charge in [0.25, 0.3) is 0 Å². The summed E-state index contributed by atoms with van der Waals surface area (Å²) in [6.45, 7) is 6.02. The molecule has 0 aliphatic carbocycles. The van der Waals surface area contributed by atoms with Crippen molar-refractivity contribution in [2.75, 3.05) is 17.6 Å². The Balaban J connectivity index is 0.000000671. The van der Waals surface area contributed by atoms with Gasteiger partial charge in [-0.1, -0.05) is 25.8 Å². The maximum atomic E-state index is 4.19. The van der Waals surface area contributed by atoms with Gasteiger partial charge in [0.05, 0.1) is 11.4 Å². The van der Waals surface area contributed by atoms with Crippen LogP contribution < -0.4 is 4.31 Å². The van der Waals surface area contributed by atoms with Crippen LogP contribution in [0.2, 0.25) is 0 Å². The molecule has 0 saturated heterocycles. The summed E-state index contributed by atoms with van der Waals surface area (Å²) in [4.78, 5) is 4.19. The molecule has 0 aliphatic rings. The smallest absolute Gasteiger partial charge is 0.0679 e. The minimum Gasteiger partial charge on any atom is -0.318 e. The highest BCUT2D eigenvalue weighted by Crippen LogP contribution is 2.20. The standard InChI is InChI=1S/C8H12N2S.C2H6/c1-7-8(10(2)11-3)5-4-6-9-7;1-2/h4-6H,1-3H3;1-2H3. The van der Waals surface area contributed by atoms with E-state index in [2.05, 4.69) is 15.4 Å². The maximum absolute atomic E-state index is 4.19. The fourth-order valence-corrected chi connectivity index (χ4v) is 1.30. The first-order valence-corrected chi connectivity index (χ1v) is 5.63. The Labute approximate surface area is 85.5 Å². The molecule has 0 amide bonds. The summed E-state index contributed by atoms with van der Waals surface area (Å²) in [7, 11) is 2.04. The molecule has 0 N–H and O–H groups in total. The molecule has 13 heavy (non-hydrogen) atoms. The second kappa shape index (κ2) is 6.78. The van der Waals surface area contributed by atoms with Gasteiger partial charge in [0, 0.05) is 19.5 Å². The van der Waals surface area contributed by atoms with Crippen molar-refractivity contribution in [2.24, 2.45) is 0 Å². The summed E-state index contributed by atoms with van der Waals surface area (Å²) in [6, 6.07) is 4.02. The molecule has 0 radical (unpaired) electrons. The number of anilines is 1. The average molecular weight is 198 g/mol. The number of rotatable bonds is 2. The van der Waals surface area contributed by atoms with Gasteiger partial charge in [0.2, 0.25) is 0 Å². The third-order valence-corrected chi connectivity index (χ3v) is 2.34. The van der Waals surface area contributed by atoms with E-state index in [1.165, 1.54) is 5.69 Å². The van der Waals surface area contributed by atoms with Crippen LogP contribution in [-0.2, 0) is 0 Å². The van der Waals surface area contributed by atoms with Crippen LogP contribution >= 0.6 is 11.9 Å². The van der Waals surface area contributed by atoms with Gasteiger partial charge in [-0.3, -0.25) is 4.98 Å². The van der Waals surface area contributed by atoms with E-state index in [4.69, 9.17) is 0 Å². The largest absolute Gasteiger partial charge is 0.318 e. The molecule has 0 unspecified atom stereocenters. The van der Waals surface area contributed by atoms with Gasteiger partial charge in [0.15, 0.2) is 0 Å². The SMILES string of the molecule is CC.CSN(C)c1cccnc1C. The summed E-state index contributed by atoms with van der Waals surface area (Å²) in [5, 5.41) is 0. The van der Waals surface area contributed by atoms with Crippen molar-refractivity contribution >= 4 is 17.6 Å².